The van der Waals surface area contributed by atoms with Crippen molar-refractivity contribution in [2.75, 3.05) is 13.1 Å². The van der Waals surface area contributed by atoms with Gasteiger partial charge in [-0.25, -0.2) is 4.79 Å². The minimum absolute atomic E-state index is 0.0281. The van der Waals surface area contributed by atoms with Crippen molar-refractivity contribution in [3.05, 3.63) is 34.3 Å². The number of piperidine rings is 1. The van der Waals surface area contributed by atoms with Gasteiger partial charge in [0.15, 0.2) is 11.4 Å². The molecule has 0 atom stereocenters. The van der Waals surface area contributed by atoms with Gasteiger partial charge in [0.25, 0.3) is 0 Å². The van der Waals surface area contributed by atoms with E-state index in [-0.39, 0.29) is 18.2 Å². The van der Waals surface area contributed by atoms with E-state index in [9.17, 15) is 14.4 Å². The van der Waals surface area contributed by atoms with E-state index in [2.05, 4.69) is 6.92 Å². The molecule has 0 N–H and O–H groups in total. The Kier molecular flexibility index (Phi) is 4.07. The summed E-state index contributed by atoms with van der Waals surface area (Å²) in [4.78, 5) is 37.6. The lowest BCUT2D eigenvalue weighted by molar-refractivity contribution is -0.133. The summed E-state index contributed by atoms with van der Waals surface area (Å²) >= 11 is 0. The Morgan fingerprint density at radius 2 is 1.96 bits per heavy atom. The highest BCUT2D eigenvalue weighted by Crippen LogP contribution is 2.18. The zero-order valence-corrected chi connectivity index (χ0v) is 13.4. The number of ketones is 1. The monoisotopic (exact) mass is 316 g/mol. The molecule has 6 nitrogen and oxygen atoms in total. The molecule has 0 saturated carbocycles. The highest BCUT2D eigenvalue weighted by molar-refractivity contribution is 5.97. The number of carbonyl (C=O) groups excluding carboxylic acids is 2. The first-order valence-electron chi connectivity index (χ1n) is 7.88. The number of amides is 1. The summed E-state index contributed by atoms with van der Waals surface area (Å²) in [6, 6.07) is 4.84. The van der Waals surface area contributed by atoms with Crippen LogP contribution in [-0.2, 0) is 11.3 Å². The second-order valence-electron chi connectivity index (χ2n) is 6.26. The first-order chi connectivity index (χ1) is 11.0. The largest absolute Gasteiger partial charge is 0.420 e. The fraction of sp³-hybridized carbons (Fsp3) is 0.471. The van der Waals surface area contributed by atoms with Crippen LogP contribution in [0.1, 0.15) is 37.0 Å². The smallest absolute Gasteiger partial charge is 0.408 e. The maximum Gasteiger partial charge on any atom is 0.420 e. The number of benzene rings is 1. The molecular formula is C17H20N2O4. The van der Waals surface area contributed by atoms with Gasteiger partial charge < -0.3 is 9.32 Å². The van der Waals surface area contributed by atoms with Crippen LogP contribution in [-0.4, -0.2) is 34.2 Å². The van der Waals surface area contributed by atoms with Gasteiger partial charge in [0.05, 0.1) is 5.52 Å². The van der Waals surface area contributed by atoms with Crippen LogP contribution in [0.3, 0.4) is 0 Å². The molecule has 0 unspecified atom stereocenters. The Hall–Kier alpha value is -2.37. The number of hydrogen-bond donors (Lipinski definition) is 0. The predicted molar refractivity (Wildman–Crippen MR) is 85.5 cm³/mol. The van der Waals surface area contributed by atoms with Crippen LogP contribution in [0.2, 0.25) is 0 Å². The fourth-order valence-corrected chi connectivity index (χ4v) is 2.93. The Morgan fingerprint density at radius 1 is 1.26 bits per heavy atom. The zero-order valence-electron chi connectivity index (χ0n) is 13.4. The first-order valence-corrected chi connectivity index (χ1v) is 7.88. The van der Waals surface area contributed by atoms with Crippen LogP contribution >= 0.6 is 0 Å². The summed E-state index contributed by atoms with van der Waals surface area (Å²) in [5, 5.41) is 0. The van der Waals surface area contributed by atoms with Gasteiger partial charge in [-0.05, 0) is 43.9 Å². The van der Waals surface area contributed by atoms with E-state index in [0.29, 0.717) is 22.6 Å². The van der Waals surface area contributed by atoms with Crippen molar-refractivity contribution in [3.8, 4) is 0 Å². The van der Waals surface area contributed by atoms with E-state index in [1.165, 1.54) is 11.5 Å². The van der Waals surface area contributed by atoms with Gasteiger partial charge in [0, 0.05) is 18.7 Å². The van der Waals surface area contributed by atoms with Crippen LogP contribution in [0.25, 0.3) is 11.1 Å². The second kappa shape index (κ2) is 6.02. The Balaban J connectivity index is 1.85. The Bertz CT molecular complexity index is 810. The number of nitrogens with zero attached hydrogens (tertiary/aromatic N) is 2. The molecule has 0 bridgehead atoms. The lowest BCUT2D eigenvalue weighted by Gasteiger charge is -2.30. The normalized spacial score (nSPS) is 16.0. The lowest BCUT2D eigenvalue weighted by atomic mass is 9.99. The molecule has 2 aromatic rings. The third-order valence-electron chi connectivity index (χ3n) is 4.50. The predicted octanol–water partition coefficient (Wildman–Crippen LogP) is 2.06. The molecule has 1 aliphatic rings. The van der Waals surface area contributed by atoms with Crippen LogP contribution in [0.15, 0.2) is 27.4 Å². The van der Waals surface area contributed by atoms with Crippen LogP contribution in [0.4, 0.5) is 0 Å². The number of fused-ring (bicyclic) bond motifs is 1. The van der Waals surface area contributed by atoms with E-state index in [1.54, 1.807) is 23.1 Å². The molecule has 0 radical (unpaired) electrons. The molecule has 1 saturated heterocycles. The van der Waals surface area contributed by atoms with Crippen molar-refractivity contribution in [1.29, 1.82) is 0 Å². The maximum absolute atomic E-state index is 12.4. The van der Waals surface area contributed by atoms with Gasteiger partial charge in [-0.1, -0.05) is 6.92 Å². The quantitative estimate of drug-likeness (QED) is 0.813. The third-order valence-corrected chi connectivity index (χ3v) is 4.50. The van der Waals surface area contributed by atoms with Gasteiger partial charge in [-0.2, -0.15) is 0 Å². The van der Waals surface area contributed by atoms with Crippen molar-refractivity contribution in [3.63, 3.8) is 0 Å². The van der Waals surface area contributed by atoms with Crippen molar-refractivity contribution >= 4 is 22.8 Å². The van der Waals surface area contributed by atoms with Crippen molar-refractivity contribution in [1.82, 2.24) is 9.47 Å². The van der Waals surface area contributed by atoms with Gasteiger partial charge in [0.1, 0.15) is 6.54 Å². The Labute approximate surface area is 133 Å². The first kappa shape index (κ1) is 15.5. The molecule has 3 rings (SSSR count). The number of aromatic nitrogens is 1. The van der Waals surface area contributed by atoms with Crippen LogP contribution in [0.5, 0.6) is 0 Å². The molecule has 6 heteroatoms. The third kappa shape index (κ3) is 3.06. The summed E-state index contributed by atoms with van der Waals surface area (Å²) in [6.45, 7) is 5.08. The van der Waals surface area contributed by atoms with Crippen molar-refractivity contribution < 1.29 is 14.0 Å². The summed E-state index contributed by atoms with van der Waals surface area (Å²) in [5.74, 6) is -0.0980. The SMILES string of the molecule is CC(=O)c1ccc2c(c1)oc(=O)n2CC(=O)N1CCC(C)CC1. The minimum atomic E-state index is -0.570. The molecule has 1 aromatic carbocycles. The zero-order chi connectivity index (χ0) is 16.6. The molecule has 0 spiro atoms. The number of hydrogen-bond acceptors (Lipinski definition) is 4. The van der Waals surface area contributed by atoms with Gasteiger partial charge in [-0.15, -0.1) is 0 Å². The number of rotatable bonds is 3. The average molecular weight is 316 g/mol. The van der Waals surface area contributed by atoms with Gasteiger partial charge in [0.2, 0.25) is 5.91 Å². The van der Waals surface area contributed by atoms with E-state index in [1.807, 2.05) is 0 Å². The summed E-state index contributed by atoms with van der Waals surface area (Å²) in [6.07, 6.45) is 1.99. The molecule has 1 aromatic heterocycles. The van der Waals surface area contributed by atoms with Crippen molar-refractivity contribution in [2.24, 2.45) is 5.92 Å². The maximum atomic E-state index is 12.4. The van der Waals surface area contributed by atoms with E-state index < -0.39 is 5.76 Å². The molecular weight excluding hydrogens is 296 g/mol. The van der Waals surface area contributed by atoms with E-state index in [4.69, 9.17) is 4.42 Å². The highest BCUT2D eigenvalue weighted by atomic mass is 16.4. The van der Waals surface area contributed by atoms with E-state index in [0.717, 1.165) is 25.9 Å². The second-order valence-corrected chi connectivity index (χ2v) is 6.26. The van der Waals surface area contributed by atoms with Crippen LogP contribution < -0.4 is 5.76 Å². The molecule has 1 fully saturated rings. The molecule has 1 amide bonds. The Morgan fingerprint density at radius 3 is 2.61 bits per heavy atom. The van der Waals surface area contributed by atoms with Crippen LogP contribution in [0, 0.1) is 5.92 Å². The average Bonchev–Trinajstić information content (AvgIpc) is 2.83. The summed E-state index contributed by atoms with van der Waals surface area (Å²) in [5.41, 5.74) is 1.36. The molecule has 2 heterocycles. The fourth-order valence-electron chi connectivity index (χ4n) is 2.93. The number of carbonyl (C=O) groups is 2. The summed E-state index contributed by atoms with van der Waals surface area (Å²) < 4.78 is 6.51. The highest BCUT2D eigenvalue weighted by Gasteiger charge is 2.22. The van der Waals surface area contributed by atoms with Crippen molar-refractivity contribution in [2.45, 2.75) is 33.2 Å². The molecule has 0 aliphatic carbocycles. The van der Waals surface area contributed by atoms with Gasteiger partial charge in [-0.3, -0.25) is 14.2 Å². The van der Waals surface area contributed by atoms with E-state index >= 15 is 0 Å². The topological polar surface area (TPSA) is 72.5 Å². The minimum Gasteiger partial charge on any atom is -0.408 e. The molecule has 122 valence electrons. The standard InChI is InChI=1S/C17H20N2O4/c1-11-5-7-18(8-6-11)16(21)10-19-14-4-3-13(12(2)20)9-15(14)23-17(19)22/h3-4,9,11H,5-8,10H2,1-2H3. The molecule has 1 aliphatic heterocycles. The number of Topliss-reactive ketones (excluding diaryl/α,β-unsaturated/α-hetero) is 1. The lowest BCUT2D eigenvalue weighted by Crippen LogP contribution is -2.40. The molecule has 23 heavy (non-hydrogen) atoms. The number of oxazole rings is 1. The summed E-state index contributed by atoms with van der Waals surface area (Å²) in [7, 11) is 0. The van der Waals surface area contributed by atoms with Gasteiger partial charge >= 0.3 is 5.76 Å². The number of likely N-dealkylation sites (tertiary alicyclic amines) is 1.